The van der Waals surface area contributed by atoms with Gasteiger partial charge in [0.2, 0.25) is 12.7 Å². The Balaban J connectivity index is 1.66. The zero-order valence-corrected chi connectivity index (χ0v) is 18.7. The molecule has 3 aromatic rings. The summed E-state index contributed by atoms with van der Waals surface area (Å²) in [6.07, 6.45) is 1.89. The number of anilines is 1. The van der Waals surface area contributed by atoms with Crippen LogP contribution in [0.3, 0.4) is 0 Å². The van der Waals surface area contributed by atoms with Crippen molar-refractivity contribution in [1.29, 1.82) is 0 Å². The minimum atomic E-state index is -0.432. The summed E-state index contributed by atoms with van der Waals surface area (Å²) >= 11 is 0. The van der Waals surface area contributed by atoms with Crippen LogP contribution in [-0.4, -0.2) is 44.6 Å². The Morgan fingerprint density at radius 2 is 2.03 bits per heavy atom. The first-order chi connectivity index (χ1) is 16.0. The van der Waals surface area contributed by atoms with E-state index in [0.717, 1.165) is 24.9 Å². The molecule has 4 heterocycles. The number of hydrogen-bond acceptors (Lipinski definition) is 7. The predicted molar refractivity (Wildman–Crippen MR) is 124 cm³/mol. The second-order valence-electron chi connectivity index (χ2n) is 8.37. The van der Waals surface area contributed by atoms with Gasteiger partial charge in [-0.1, -0.05) is 12.0 Å². The van der Waals surface area contributed by atoms with E-state index in [2.05, 4.69) is 16.7 Å². The molecule has 10 heteroatoms. The molecule has 172 valence electrons. The monoisotopic (exact) mass is 450 g/mol. The highest BCUT2D eigenvalue weighted by Crippen LogP contribution is 2.32. The average molecular weight is 450 g/mol. The Bertz CT molecular complexity index is 1410. The fourth-order valence-electron chi connectivity index (χ4n) is 4.46. The van der Waals surface area contributed by atoms with Crippen molar-refractivity contribution in [3.8, 4) is 23.3 Å². The van der Waals surface area contributed by atoms with Gasteiger partial charge >= 0.3 is 5.69 Å². The molecule has 33 heavy (non-hydrogen) atoms. The fraction of sp³-hybridized carbons (Fsp3) is 0.435. The van der Waals surface area contributed by atoms with Crippen LogP contribution in [0.25, 0.3) is 11.2 Å². The van der Waals surface area contributed by atoms with E-state index in [1.165, 1.54) is 9.13 Å². The van der Waals surface area contributed by atoms with Gasteiger partial charge in [0.15, 0.2) is 22.7 Å². The maximum atomic E-state index is 13.6. The molecule has 1 unspecified atom stereocenters. The molecule has 1 saturated heterocycles. The van der Waals surface area contributed by atoms with E-state index >= 15 is 0 Å². The van der Waals surface area contributed by atoms with E-state index in [0.29, 0.717) is 41.7 Å². The Morgan fingerprint density at radius 3 is 2.82 bits per heavy atom. The number of nitrogens with zero attached hydrogens (tertiary/aromatic N) is 5. The Morgan fingerprint density at radius 1 is 1.21 bits per heavy atom. The molecule has 0 bridgehead atoms. The number of ether oxygens (including phenoxy) is 2. The largest absolute Gasteiger partial charge is 0.454 e. The van der Waals surface area contributed by atoms with Gasteiger partial charge in [0.25, 0.3) is 5.56 Å². The van der Waals surface area contributed by atoms with Gasteiger partial charge in [0.1, 0.15) is 0 Å². The van der Waals surface area contributed by atoms with E-state index in [1.807, 2.05) is 10.6 Å². The number of nitrogens with two attached hydrogens (primary N) is 1. The van der Waals surface area contributed by atoms with Crippen LogP contribution in [-0.2, 0) is 20.1 Å². The third kappa shape index (κ3) is 3.64. The van der Waals surface area contributed by atoms with Crippen LogP contribution in [0.15, 0.2) is 27.8 Å². The van der Waals surface area contributed by atoms with Crippen molar-refractivity contribution in [1.82, 2.24) is 18.7 Å². The summed E-state index contributed by atoms with van der Waals surface area (Å²) in [5, 5.41) is 0. The van der Waals surface area contributed by atoms with Crippen molar-refractivity contribution < 1.29 is 9.47 Å². The highest BCUT2D eigenvalue weighted by molar-refractivity contribution is 5.75. The fourth-order valence-corrected chi connectivity index (χ4v) is 4.46. The van der Waals surface area contributed by atoms with Crippen molar-refractivity contribution in [2.45, 2.75) is 38.9 Å². The summed E-state index contributed by atoms with van der Waals surface area (Å²) in [7, 11) is 1.63. The Labute approximate surface area is 190 Å². The summed E-state index contributed by atoms with van der Waals surface area (Å²) in [6.45, 7) is 3.74. The number of piperidine rings is 1. The molecular weight excluding hydrogens is 424 g/mol. The van der Waals surface area contributed by atoms with E-state index in [-0.39, 0.29) is 19.4 Å². The molecule has 2 aromatic heterocycles. The molecule has 0 saturated carbocycles. The standard InChI is InChI=1S/C23H26N6O4/c1-3-4-10-28-19-20(25-22(28)27-9-5-6-16(24)13-27)26(2)23(31)29(21(19)30)12-15-7-8-17-18(11-15)33-14-32-17/h7-8,11,16H,5-6,9-10,12-14,24H2,1-2H3. The lowest BCUT2D eigenvalue weighted by Gasteiger charge is -2.31. The second-order valence-corrected chi connectivity index (χ2v) is 8.37. The topological polar surface area (TPSA) is 110 Å². The highest BCUT2D eigenvalue weighted by Gasteiger charge is 2.26. The van der Waals surface area contributed by atoms with Crippen molar-refractivity contribution in [2.24, 2.45) is 12.8 Å². The summed E-state index contributed by atoms with van der Waals surface area (Å²) in [4.78, 5) is 33.6. The minimum Gasteiger partial charge on any atom is -0.454 e. The molecular formula is C23H26N6O4. The summed E-state index contributed by atoms with van der Waals surface area (Å²) in [5.41, 5.74) is 6.83. The SMILES string of the molecule is CC#CCn1c(N2CCCC(N)C2)nc2c1c(=O)n(Cc1ccc3c(c1)OCO3)c(=O)n2C. The molecule has 2 N–H and O–H groups in total. The molecule has 0 spiro atoms. The first kappa shape index (κ1) is 21.2. The second kappa shape index (κ2) is 8.33. The number of benzene rings is 1. The van der Waals surface area contributed by atoms with Crippen LogP contribution in [0, 0.1) is 11.8 Å². The molecule has 5 rings (SSSR count). The van der Waals surface area contributed by atoms with Crippen LogP contribution in [0.1, 0.15) is 25.3 Å². The molecule has 0 amide bonds. The van der Waals surface area contributed by atoms with Gasteiger partial charge in [0.05, 0.1) is 13.1 Å². The van der Waals surface area contributed by atoms with Gasteiger partial charge < -0.3 is 20.1 Å². The zero-order valence-electron chi connectivity index (χ0n) is 18.7. The molecule has 2 aliphatic rings. The molecule has 0 radical (unpaired) electrons. The van der Waals surface area contributed by atoms with Crippen LogP contribution in [0.2, 0.25) is 0 Å². The van der Waals surface area contributed by atoms with Crippen molar-refractivity contribution in [2.75, 3.05) is 24.8 Å². The number of aryl methyl sites for hydroxylation is 1. The van der Waals surface area contributed by atoms with E-state index in [4.69, 9.17) is 20.2 Å². The molecule has 1 atom stereocenters. The lowest BCUT2D eigenvalue weighted by Crippen LogP contribution is -2.44. The molecule has 1 aromatic carbocycles. The number of rotatable bonds is 4. The van der Waals surface area contributed by atoms with Gasteiger partial charge in [-0.05, 0) is 37.5 Å². The third-order valence-corrected chi connectivity index (χ3v) is 6.14. The van der Waals surface area contributed by atoms with Crippen LogP contribution in [0.4, 0.5) is 5.95 Å². The summed E-state index contributed by atoms with van der Waals surface area (Å²) in [5.74, 6) is 7.80. The van der Waals surface area contributed by atoms with Gasteiger partial charge in [-0.15, -0.1) is 5.92 Å². The van der Waals surface area contributed by atoms with Crippen molar-refractivity contribution >= 4 is 17.1 Å². The van der Waals surface area contributed by atoms with Crippen LogP contribution in [0.5, 0.6) is 11.5 Å². The maximum Gasteiger partial charge on any atom is 0.332 e. The Kier molecular flexibility index (Phi) is 5.34. The molecule has 1 fully saturated rings. The molecule has 0 aliphatic carbocycles. The zero-order chi connectivity index (χ0) is 23.1. The highest BCUT2D eigenvalue weighted by atomic mass is 16.7. The first-order valence-corrected chi connectivity index (χ1v) is 11.0. The third-order valence-electron chi connectivity index (χ3n) is 6.14. The van der Waals surface area contributed by atoms with Gasteiger partial charge in [0, 0.05) is 26.2 Å². The van der Waals surface area contributed by atoms with E-state index in [1.54, 1.807) is 26.1 Å². The quantitative estimate of drug-likeness (QED) is 0.581. The Hall–Kier alpha value is -3.71. The van der Waals surface area contributed by atoms with Crippen molar-refractivity contribution in [3.05, 3.63) is 44.6 Å². The van der Waals surface area contributed by atoms with Gasteiger partial charge in [-0.3, -0.25) is 18.5 Å². The number of hydrogen-bond donors (Lipinski definition) is 1. The number of imidazole rings is 1. The lowest BCUT2D eigenvalue weighted by molar-refractivity contribution is 0.174. The maximum absolute atomic E-state index is 13.6. The molecule has 2 aliphatic heterocycles. The van der Waals surface area contributed by atoms with Crippen LogP contribution < -0.4 is 31.4 Å². The molecule has 10 nitrogen and oxygen atoms in total. The normalized spacial score (nSPS) is 17.3. The minimum absolute atomic E-state index is 0.0377. The first-order valence-electron chi connectivity index (χ1n) is 11.0. The number of fused-ring (bicyclic) bond motifs is 2. The smallest absolute Gasteiger partial charge is 0.332 e. The van der Waals surface area contributed by atoms with E-state index in [9.17, 15) is 9.59 Å². The number of aromatic nitrogens is 4. The lowest BCUT2D eigenvalue weighted by atomic mass is 10.1. The van der Waals surface area contributed by atoms with Gasteiger partial charge in [-0.25, -0.2) is 4.79 Å². The van der Waals surface area contributed by atoms with Gasteiger partial charge in [-0.2, -0.15) is 4.98 Å². The average Bonchev–Trinajstić information content (AvgIpc) is 3.43. The van der Waals surface area contributed by atoms with Crippen LogP contribution >= 0.6 is 0 Å². The summed E-state index contributed by atoms with van der Waals surface area (Å²) < 4.78 is 15.2. The predicted octanol–water partition coefficient (Wildman–Crippen LogP) is 0.625. The van der Waals surface area contributed by atoms with Crippen molar-refractivity contribution in [3.63, 3.8) is 0 Å². The summed E-state index contributed by atoms with van der Waals surface area (Å²) in [6, 6.07) is 5.43. The van der Waals surface area contributed by atoms with E-state index < -0.39 is 11.2 Å².